The summed E-state index contributed by atoms with van der Waals surface area (Å²) in [6.07, 6.45) is -0.644. The van der Waals surface area contributed by atoms with Crippen molar-refractivity contribution in [3.05, 3.63) is 46.1 Å². The molecule has 3 nitrogen and oxygen atoms in total. The van der Waals surface area contributed by atoms with Crippen molar-refractivity contribution in [1.82, 2.24) is 5.32 Å². The molecular formula is C11H10INO2. The second kappa shape index (κ2) is 4.22. The summed E-state index contributed by atoms with van der Waals surface area (Å²) >= 11 is 2.11. The first-order valence-electron chi connectivity index (χ1n) is 4.55. The highest BCUT2D eigenvalue weighted by Gasteiger charge is 2.36. The van der Waals surface area contributed by atoms with Crippen molar-refractivity contribution in [1.29, 1.82) is 0 Å². The SMILES string of the molecule is C=C(I)[C@H]1NC(=O)O[C@@H]1c1ccccc1. The maximum absolute atomic E-state index is 11.2. The summed E-state index contributed by atoms with van der Waals surface area (Å²) in [5, 5.41) is 2.73. The lowest BCUT2D eigenvalue weighted by atomic mass is 10.0. The van der Waals surface area contributed by atoms with Crippen molar-refractivity contribution in [2.45, 2.75) is 12.1 Å². The maximum atomic E-state index is 11.2. The molecule has 1 aliphatic heterocycles. The number of ether oxygens (including phenoxy) is 1. The van der Waals surface area contributed by atoms with Crippen LogP contribution in [0.4, 0.5) is 4.79 Å². The van der Waals surface area contributed by atoms with Gasteiger partial charge in [-0.05, 0) is 28.2 Å². The van der Waals surface area contributed by atoms with Crippen molar-refractivity contribution in [3.63, 3.8) is 0 Å². The minimum absolute atomic E-state index is 0.138. The molecule has 0 aliphatic carbocycles. The number of hydrogen-bond acceptors (Lipinski definition) is 2. The number of rotatable bonds is 2. The highest BCUT2D eigenvalue weighted by molar-refractivity contribution is 14.1. The summed E-state index contributed by atoms with van der Waals surface area (Å²) in [6.45, 7) is 3.84. The Morgan fingerprint density at radius 3 is 2.67 bits per heavy atom. The third kappa shape index (κ3) is 2.14. The predicted molar refractivity (Wildman–Crippen MR) is 65.7 cm³/mol. The van der Waals surface area contributed by atoms with Crippen molar-refractivity contribution in [3.8, 4) is 0 Å². The summed E-state index contributed by atoms with van der Waals surface area (Å²) in [4.78, 5) is 11.2. The van der Waals surface area contributed by atoms with Crippen LogP contribution < -0.4 is 5.32 Å². The van der Waals surface area contributed by atoms with Crippen LogP contribution in [0.15, 0.2) is 40.5 Å². The summed E-state index contributed by atoms with van der Waals surface area (Å²) in [7, 11) is 0. The van der Waals surface area contributed by atoms with E-state index in [-0.39, 0.29) is 18.2 Å². The Morgan fingerprint density at radius 1 is 1.40 bits per heavy atom. The van der Waals surface area contributed by atoms with Gasteiger partial charge in [-0.3, -0.25) is 0 Å². The maximum Gasteiger partial charge on any atom is 0.408 e. The molecule has 0 saturated carbocycles. The zero-order valence-corrected chi connectivity index (χ0v) is 10.1. The largest absolute Gasteiger partial charge is 0.439 e. The van der Waals surface area contributed by atoms with Crippen LogP contribution >= 0.6 is 22.6 Å². The number of halogens is 1. The first kappa shape index (κ1) is 10.5. The number of benzene rings is 1. The van der Waals surface area contributed by atoms with E-state index in [1.807, 2.05) is 30.3 Å². The Balaban J connectivity index is 2.28. The second-order valence-corrected chi connectivity index (χ2v) is 4.69. The summed E-state index contributed by atoms with van der Waals surface area (Å²) in [5.41, 5.74) is 0.985. The van der Waals surface area contributed by atoms with Gasteiger partial charge in [-0.1, -0.05) is 36.9 Å². The predicted octanol–water partition coefficient (Wildman–Crippen LogP) is 2.78. The molecule has 2 atom stereocenters. The molecule has 0 unspecified atom stereocenters. The molecule has 1 aromatic rings. The molecule has 1 amide bonds. The van der Waals surface area contributed by atoms with Gasteiger partial charge in [-0.25, -0.2) is 4.79 Å². The van der Waals surface area contributed by atoms with Crippen LogP contribution in [-0.2, 0) is 4.74 Å². The van der Waals surface area contributed by atoms with Crippen LogP contribution in [0.1, 0.15) is 11.7 Å². The van der Waals surface area contributed by atoms with E-state index in [9.17, 15) is 4.79 Å². The van der Waals surface area contributed by atoms with Gasteiger partial charge >= 0.3 is 6.09 Å². The van der Waals surface area contributed by atoms with Crippen LogP contribution in [0.3, 0.4) is 0 Å². The van der Waals surface area contributed by atoms with Crippen molar-refractivity contribution >= 4 is 28.7 Å². The van der Waals surface area contributed by atoms with E-state index >= 15 is 0 Å². The van der Waals surface area contributed by atoms with E-state index in [4.69, 9.17) is 4.74 Å². The van der Waals surface area contributed by atoms with Crippen molar-refractivity contribution in [2.24, 2.45) is 0 Å². The third-order valence-corrected chi connectivity index (χ3v) is 2.95. The minimum Gasteiger partial charge on any atom is -0.439 e. The van der Waals surface area contributed by atoms with Crippen molar-refractivity contribution < 1.29 is 9.53 Å². The molecule has 15 heavy (non-hydrogen) atoms. The van der Waals surface area contributed by atoms with Gasteiger partial charge in [-0.15, -0.1) is 0 Å². The molecule has 4 heteroatoms. The fourth-order valence-corrected chi connectivity index (χ4v) is 2.05. The standard InChI is InChI=1S/C11H10INO2/c1-7(12)9-10(15-11(14)13-9)8-5-3-2-4-6-8/h2-6,9-10H,1H2,(H,13,14)/t9-,10-/m1/s1. The number of cyclic esters (lactones) is 1. The van der Waals surface area contributed by atoms with Crippen LogP contribution in [0, 0.1) is 0 Å². The number of carbonyl (C=O) groups excluding carboxylic acids is 1. The fourth-order valence-electron chi connectivity index (χ4n) is 1.57. The van der Waals surface area contributed by atoms with E-state index in [0.29, 0.717) is 0 Å². The number of alkyl carbamates (subject to hydrolysis) is 1. The monoisotopic (exact) mass is 315 g/mol. The van der Waals surface area contributed by atoms with Gasteiger partial charge in [0.05, 0.1) is 0 Å². The molecule has 0 radical (unpaired) electrons. The van der Waals surface area contributed by atoms with E-state index in [1.54, 1.807) is 0 Å². The molecular weight excluding hydrogens is 305 g/mol. The third-order valence-electron chi connectivity index (χ3n) is 2.28. The molecule has 1 aromatic carbocycles. The number of nitrogens with one attached hydrogen (secondary N) is 1. The number of hydrogen-bond donors (Lipinski definition) is 1. The molecule has 0 spiro atoms. The van der Waals surface area contributed by atoms with Gasteiger partial charge in [-0.2, -0.15) is 0 Å². The van der Waals surface area contributed by atoms with E-state index in [1.165, 1.54) is 0 Å². The van der Waals surface area contributed by atoms with Gasteiger partial charge in [0.25, 0.3) is 0 Å². The molecule has 0 bridgehead atoms. The summed E-state index contributed by atoms with van der Waals surface area (Å²) in [6, 6.07) is 9.53. The lowest BCUT2D eigenvalue weighted by Gasteiger charge is -2.15. The highest BCUT2D eigenvalue weighted by atomic mass is 127. The molecule has 1 heterocycles. The molecule has 78 valence electrons. The average Bonchev–Trinajstić information content (AvgIpc) is 2.62. The van der Waals surface area contributed by atoms with Crippen LogP contribution in [0.5, 0.6) is 0 Å². The van der Waals surface area contributed by atoms with Crippen LogP contribution in [0.2, 0.25) is 0 Å². The Morgan fingerprint density at radius 2 is 2.07 bits per heavy atom. The van der Waals surface area contributed by atoms with E-state index < -0.39 is 0 Å². The number of amides is 1. The Labute approximate surface area is 102 Å². The van der Waals surface area contributed by atoms with Gasteiger partial charge in [0.1, 0.15) is 6.04 Å². The van der Waals surface area contributed by atoms with Crippen LogP contribution in [0.25, 0.3) is 0 Å². The molecule has 1 N–H and O–H groups in total. The van der Waals surface area contributed by atoms with E-state index in [2.05, 4.69) is 34.5 Å². The molecule has 2 rings (SSSR count). The summed E-state index contributed by atoms with van der Waals surface area (Å²) in [5.74, 6) is 0. The molecule has 0 aromatic heterocycles. The van der Waals surface area contributed by atoms with Gasteiger partial charge in [0, 0.05) is 3.58 Å². The lowest BCUT2D eigenvalue weighted by Crippen LogP contribution is -2.27. The number of carbonyl (C=O) groups is 1. The second-order valence-electron chi connectivity index (χ2n) is 3.31. The first-order chi connectivity index (χ1) is 7.18. The highest BCUT2D eigenvalue weighted by Crippen LogP contribution is 2.31. The quantitative estimate of drug-likeness (QED) is 0.852. The van der Waals surface area contributed by atoms with Gasteiger partial charge < -0.3 is 10.1 Å². The van der Waals surface area contributed by atoms with Gasteiger partial charge in [0.15, 0.2) is 6.10 Å². The Kier molecular flexibility index (Phi) is 2.95. The minimum atomic E-state index is -0.383. The first-order valence-corrected chi connectivity index (χ1v) is 5.63. The normalized spacial score (nSPS) is 24.5. The zero-order chi connectivity index (χ0) is 10.8. The topological polar surface area (TPSA) is 38.3 Å². The van der Waals surface area contributed by atoms with Crippen LogP contribution in [-0.4, -0.2) is 12.1 Å². The van der Waals surface area contributed by atoms with Gasteiger partial charge in [0.2, 0.25) is 0 Å². The Bertz CT molecular complexity index is 391. The van der Waals surface area contributed by atoms with Crippen molar-refractivity contribution in [2.75, 3.05) is 0 Å². The van der Waals surface area contributed by atoms with E-state index in [0.717, 1.165) is 9.14 Å². The molecule has 1 fully saturated rings. The zero-order valence-electron chi connectivity index (χ0n) is 7.94. The smallest absolute Gasteiger partial charge is 0.408 e. The molecule has 1 aliphatic rings. The average molecular weight is 315 g/mol. The summed E-state index contributed by atoms with van der Waals surface area (Å²) < 4.78 is 6.07. The fraction of sp³-hybridized carbons (Fsp3) is 0.182. The Hall–Kier alpha value is -1.04. The lowest BCUT2D eigenvalue weighted by molar-refractivity contribution is 0.136. The molecule has 1 saturated heterocycles.